The maximum absolute atomic E-state index is 5.95. The molecular formula is C20H25ClN2O. The highest BCUT2D eigenvalue weighted by Crippen LogP contribution is 2.27. The van der Waals surface area contributed by atoms with E-state index in [0.717, 1.165) is 23.9 Å². The van der Waals surface area contributed by atoms with Gasteiger partial charge in [0.05, 0.1) is 7.11 Å². The topological polar surface area (TPSA) is 24.5 Å². The molecule has 0 bridgehead atoms. The number of methoxy groups -OCH3 is 1. The summed E-state index contributed by atoms with van der Waals surface area (Å²) in [5.41, 5.74) is 2.57. The third-order valence-corrected chi connectivity index (χ3v) is 4.89. The molecule has 3 nitrogen and oxygen atoms in total. The summed E-state index contributed by atoms with van der Waals surface area (Å²) < 4.78 is 5.40. The predicted molar refractivity (Wildman–Crippen MR) is 99.7 cm³/mol. The zero-order chi connectivity index (χ0) is 16.8. The van der Waals surface area contributed by atoms with E-state index in [1.54, 1.807) is 7.11 Å². The molecule has 0 aromatic heterocycles. The van der Waals surface area contributed by atoms with Gasteiger partial charge in [0, 0.05) is 24.2 Å². The van der Waals surface area contributed by atoms with Crippen LogP contribution in [0.15, 0.2) is 48.5 Å². The van der Waals surface area contributed by atoms with Crippen molar-refractivity contribution < 1.29 is 4.74 Å². The SMILES string of the molecule is COc1cccc(C(CNCc2ccc(Cl)cc2)N2CCCC2)c1. The smallest absolute Gasteiger partial charge is 0.119 e. The predicted octanol–water partition coefficient (Wildman–Crippen LogP) is 4.28. The summed E-state index contributed by atoms with van der Waals surface area (Å²) in [7, 11) is 1.72. The van der Waals surface area contributed by atoms with Crippen molar-refractivity contribution in [2.75, 3.05) is 26.7 Å². The fraction of sp³-hybridized carbons (Fsp3) is 0.400. The van der Waals surface area contributed by atoms with Gasteiger partial charge in [-0.05, 0) is 61.3 Å². The third-order valence-electron chi connectivity index (χ3n) is 4.64. The molecule has 1 aliphatic rings. The quantitative estimate of drug-likeness (QED) is 0.811. The molecule has 4 heteroatoms. The second-order valence-corrected chi connectivity index (χ2v) is 6.73. The van der Waals surface area contributed by atoms with Gasteiger partial charge in [0.2, 0.25) is 0 Å². The minimum absolute atomic E-state index is 0.384. The molecule has 1 unspecified atom stereocenters. The van der Waals surface area contributed by atoms with Crippen molar-refractivity contribution in [3.05, 3.63) is 64.7 Å². The summed E-state index contributed by atoms with van der Waals surface area (Å²) in [6, 6.07) is 16.9. The summed E-state index contributed by atoms with van der Waals surface area (Å²) in [5, 5.41) is 4.39. The summed E-state index contributed by atoms with van der Waals surface area (Å²) in [5.74, 6) is 0.925. The fourth-order valence-corrected chi connectivity index (χ4v) is 3.44. The third kappa shape index (κ3) is 4.50. The number of rotatable bonds is 7. The summed E-state index contributed by atoms with van der Waals surface area (Å²) in [6.07, 6.45) is 2.58. The van der Waals surface area contributed by atoms with Crippen LogP contribution in [0.25, 0.3) is 0 Å². The summed E-state index contributed by atoms with van der Waals surface area (Å²) >= 11 is 5.95. The van der Waals surface area contributed by atoms with Gasteiger partial charge in [-0.2, -0.15) is 0 Å². The normalized spacial score (nSPS) is 16.2. The van der Waals surface area contributed by atoms with Gasteiger partial charge >= 0.3 is 0 Å². The van der Waals surface area contributed by atoms with Crippen molar-refractivity contribution in [3.8, 4) is 5.75 Å². The largest absolute Gasteiger partial charge is 0.497 e. The van der Waals surface area contributed by atoms with Crippen LogP contribution in [0.1, 0.15) is 30.0 Å². The lowest BCUT2D eigenvalue weighted by Crippen LogP contribution is -2.34. The molecule has 1 fully saturated rings. The summed E-state index contributed by atoms with van der Waals surface area (Å²) in [4.78, 5) is 2.57. The number of benzene rings is 2. The van der Waals surface area contributed by atoms with Gasteiger partial charge in [0.25, 0.3) is 0 Å². The zero-order valence-electron chi connectivity index (χ0n) is 14.2. The molecule has 0 amide bonds. The van der Waals surface area contributed by atoms with E-state index in [9.17, 15) is 0 Å². The molecule has 0 saturated carbocycles. The Kier molecular flexibility index (Phi) is 6.13. The molecule has 1 saturated heterocycles. The number of nitrogens with zero attached hydrogens (tertiary/aromatic N) is 1. The molecule has 0 radical (unpaired) electrons. The van der Waals surface area contributed by atoms with E-state index in [1.165, 1.54) is 37.1 Å². The van der Waals surface area contributed by atoms with Crippen LogP contribution < -0.4 is 10.1 Å². The van der Waals surface area contributed by atoms with Gasteiger partial charge in [-0.3, -0.25) is 4.90 Å². The maximum atomic E-state index is 5.95. The van der Waals surface area contributed by atoms with Crippen LogP contribution in [0.4, 0.5) is 0 Å². The number of nitrogens with one attached hydrogen (secondary N) is 1. The Morgan fingerprint density at radius 2 is 1.88 bits per heavy atom. The van der Waals surface area contributed by atoms with Crippen LogP contribution >= 0.6 is 11.6 Å². The highest BCUT2D eigenvalue weighted by molar-refractivity contribution is 6.30. The van der Waals surface area contributed by atoms with E-state index < -0.39 is 0 Å². The molecule has 128 valence electrons. The van der Waals surface area contributed by atoms with Crippen LogP contribution in [0.3, 0.4) is 0 Å². The highest BCUT2D eigenvalue weighted by atomic mass is 35.5. The van der Waals surface area contributed by atoms with Gasteiger partial charge in [-0.25, -0.2) is 0 Å². The molecule has 0 aliphatic carbocycles. The minimum atomic E-state index is 0.384. The molecule has 0 spiro atoms. The fourth-order valence-electron chi connectivity index (χ4n) is 3.32. The van der Waals surface area contributed by atoms with E-state index in [1.807, 2.05) is 18.2 Å². The Balaban J connectivity index is 1.66. The van der Waals surface area contributed by atoms with E-state index in [0.29, 0.717) is 6.04 Å². The first-order chi connectivity index (χ1) is 11.8. The Labute approximate surface area is 149 Å². The second kappa shape index (κ2) is 8.52. The Morgan fingerprint density at radius 3 is 2.58 bits per heavy atom. The molecule has 1 aliphatic heterocycles. The minimum Gasteiger partial charge on any atom is -0.497 e. The van der Waals surface area contributed by atoms with E-state index in [2.05, 4.69) is 40.5 Å². The Morgan fingerprint density at radius 1 is 1.12 bits per heavy atom. The second-order valence-electron chi connectivity index (χ2n) is 6.29. The van der Waals surface area contributed by atoms with Gasteiger partial charge in [-0.1, -0.05) is 35.9 Å². The lowest BCUT2D eigenvalue weighted by molar-refractivity contribution is 0.238. The molecule has 1 atom stereocenters. The van der Waals surface area contributed by atoms with Crippen LogP contribution in [-0.2, 0) is 6.54 Å². The molecule has 3 rings (SSSR count). The van der Waals surface area contributed by atoms with Crippen LogP contribution in [-0.4, -0.2) is 31.6 Å². The highest BCUT2D eigenvalue weighted by Gasteiger charge is 2.23. The molecule has 2 aromatic carbocycles. The first kappa shape index (κ1) is 17.3. The molecule has 24 heavy (non-hydrogen) atoms. The van der Waals surface area contributed by atoms with Crippen LogP contribution in [0.2, 0.25) is 5.02 Å². The van der Waals surface area contributed by atoms with Gasteiger partial charge < -0.3 is 10.1 Å². The molecule has 1 N–H and O–H groups in total. The number of ether oxygens (including phenoxy) is 1. The first-order valence-electron chi connectivity index (χ1n) is 8.59. The van der Waals surface area contributed by atoms with E-state index in [-0.39, 0.29) is 0 Å². The molecule has 2 aromatic rings. The van der Waals surface area contributed by atoms with Crippen LogP contribution in [0, 0.1) is 0 Å². The average Bonchev–Trinajstić information content (AvgIpc) is 3.14. The lowest BCUT2D eigenvalue weighted by Gasteiger charge is -2.28. The van der Waals surface area contributed by atoms with Gasteiger partial charge in [0.15, 0.2) is 0 Å². The van der Waals surface area contributed by atoms with Crippen LogP contribution in [0.5, 0.6) is 5.75 Å². The van der Waals surface area contributed by atoms with Crippen molar-refractivity contribution in [3.63, 3.8) is 0 Å². The van der Waals surface area contributed by atoms with Gasteiger partial charge in [0.1, 0.15) is 5.75 Å². The average molecular weight is 345 g/mol. The van der Waals surface area contributed by atoms with Gasteiger partial charge in [-0.15, -0.1) is 0 Å². The number of halogens is 1. The Bertz CT molecular complexity index is 638. The van der Waals surface area contributed by atoms with Crippen molar-refractivity contribution in [1.29, 1.82) is 0 Å². The number of hydrogen-bond acceptors (Lipinski definition) is 3. The van der Waals surface area contributed by atoms with Crippen molar-refractivity contribution in [1.82, 2.24) is 10.2 Å². The number of likely N-dealkylation sites (tertiary alicyclic amines) is 1. The zero-order valence-corrected chi connectivity index (χ0v) is 14.9. The van der Waals surface area contributed by atoms with Crippen molar-refractivity contribution in [2.45, 2.75) is 25.4 Å². The lowest BCUT2D eigenvalue weighted by atomic mass is 10.0. The van der Waals surface area contributed by atoms with E-state index in [4.69, 9.17) is 16.3 Å². The van der Waals surface area contributed by atoms with Crippen molar-refractivity contribution in [2.24, 2.45) is 0 Å². The molecule has 1 heterocycles. The summed E-state index contributed by atoms with van der Waals surface area (Å²) in [6.45, 7) is 4.12. The standard InChI is InChI=1S/C20H25ClN2O/c1-24-19-6-4-5-17(13-19)20(23-11-2-3-12-23)15-22-14-16-7-9-18(21)10-8-16/h4-10,13,20,22H,2-3,11-12,14-15H2,1H3. The number of hydrogen-bond donors (Lipinski definition) is 1. The van der Waals surface area contributed by atoms with Crippen molar-refractivity contribution >= 4 is 11.6 Å². The Hall–Kier alpha value is -1.55. The molecular weight excluding hydrogens is 320 g/mol. The van der Waals surface area contributed by atoms with E-state index >= 15 is 0 Å². The maximum Gasteiger partial charge on any atom is 0.119 e. The monoisotopic (exact) mass is 344 g/mol. The first-order valence-corrected chi connectivity index (χ1v) is 8.97.